The predicted octanol–water partition coefficient (Wildman–Crippen LogP) is 1.15. The van der Waals surface area contributed by atoms with Gasteiger partial charge in [-0.15, -0.1) is 0 Å². The van der Waals surface area contributed by atoms with Crippen molar-refractivity contribution in [1.29, 1.82) is 0 Å². The Labute approximate surface area is 109 Å². The molecule has 1 amide bonds. The van der Waals surface area contributed by atoms with Gasteiger partial charge >= 0.3 is 0 Å². The van der Waals surface area contributed by atoms with Crippen LogP contribution in [-0.2, 0) is 4.79 Å². The lowest BCUT2D eigenvalue weighted by atomic mass is 10.3. The Morgan fingerprint density at radius 2 is 2.29 bits per heavy atom. The fourth-order valence-corrected chi connectivity index (χ4v) is 1.56. The summed E-state index contributed by atoms with van der Waals surface area (Å²) < 4.78 is 0.577. The molecule has 1 unspecified atom stereocenters. The topological polar surface area (TPSA) is 92.9 Å². The summed E-state index contributed by atoms with van der Waals surface area (Å²) in [6, 6.07) is 1.18. The molecule has 1 atom stereocenters. The Balaban J connectivity index is 2.60. The van der Waals surface area contributed by atoms with Crippen LogP contribution in [0.1, 0.15) is 20.3 Å². The number of aromatic nitrogens is 2. The minimum absolute atomic E-state index is 0.0889. The van der Waals surface area contributed by atoms with Gasteiger partial charge < -0.3 is 16.4 Å². The molecule has 6 nitrogen and oxygen atoms in total. The molecule has 1 aromatic rings. The molecule has 7 heteroatoms. The van der Waals surface area contributed by atoms with Gasteiger partial charge in [0, 0.05) is 12.6 Å². The zero-order valence-electron chi connectivity index (χ0n) is 9.83. The number of nitrogens with one attached hydrogen (secondary N) is 2. The van der Waals surface area contributed by atoms with Gasteiger partial charge in [0.25, 0.3) is 0 Å². The number of amides is 1. The fraction of sp³-hybridized carbons (Fsp3) is 0.500. The van der Waals surface area contributed by atoms with Crippen molar-refractivity contribution < 1.29 is 4.79 Å². The van der Waals surface area contributed by atoms with E-state index in [0.717, 1.165) is 6.42 Å². The quantitative estimate of drug-likeness (QED) is 0.709. The van der Waals surface area contributed by atoms with Crippen LogP contribution in [0.25, 0.3) is 0 Å². The molecule has 0 radical (unpaired) electrons. The zero-order valence-corrected chi connectivity index (χ0v) is 11.4. The van der Waals surface area contributed by atoms with Crippen molar-refractivity contribution in [1.82, 2.24) is 15.3 Å². The molecule has 4 N–H and O–H groups in total. The predicted molar refractivity (Wildman–Crippen MR) is 70.5 cm³/mol. The number of anilines is 2. The smallest absolute Gasteiger partial charge is 0.242 e. The second-order valence-electron chi connectivity index (χ2n) is 3.60. The van der Waals surface area contributed by atoms with E-state index in [2.05, 4.69) is 36.5 Å². The lowest BCUT2D eigenvalue weighted by Crippen LogP contribution is -2.38. The lowest BCUT2D eigenvalue weighted by molar-refractivity contribution is -0.121. The number of nitrogens with two attached hydrogens (primary N) is 1. The highest BCUT2D eigenvalue weighted by Crippen LogP contribution is 2.12. The molecule has 0 bridgehead atoms. The van der Waals surface area contributed by atoms with Crippen molar-refractivity contribution in [2.24, 2.45) is 0 Å². The molecule has 0 aliphatic rings. The third kappa shape index (κ3) is 4.56. The van der Waals surface area contributed by atoms with E-state index in [1.54, 1.807) is 13.0 Å². The third-order valence-corrected chi connectivity index (χ3v) is 2.41. The number of nitrogen functional groups attached to an aromatic ring is 1. The van der Waals surface area contributed by atoms with Gasteiger partial charge in [0.15, 0.2) is 0 Å². The monoisotopic (exact) mass is 301 g/mol. The van der Waals surface area contributed by atoms with Crippen LogP contribution in [-0.4, -0.2) is 28.5 Å². The third-order valence-electron chi connectivity index (χ3n) is 2.00. The van der Waals surface area contributed by atoms with E-state index in [4.69, 9.17) is 5.73 Å². The van der Waals surface area contributed by atoms with Crippen molar-refractivity contribution >= 4 is 33.6 Å². The summed E-state index contributed by atoms with van der Waals surface area (Å²) in [5, 5.41) is 5.67. The molecule has 0 saturated heterocycles. The first-order chi connectivity index (χ1) is 8.02. The summed E-state index contributed by atoms with van der Waals surface area (Å²) in [5.74, 6) is 0.584. The van der Waals surface area contributed by atoms with E-state index in [9.17, 15) is 4.79 Å². The molecular formula is C10H16BrN5O. The number of carbonyl (C=O) groups excluding carboxylic acids is 1. The van der Waals surface area contributed by atoms with E-state index in [0.29, 0.717) is 22.9 Å². The highest BCUT2D eigenvalue weighted by molar-refractivity contribution is 9.10. The zero-order chi connectivity index (χ0) is 12.8. The normalized spacial score (nSPS) is 11.9. The Morgan fingerprint density at radius 3 is 2.88 bits per heavy atom. The summed E-state index contributed by atoms with van der Waals surface area (Å²) >= 11 is 3.21. The number of halogens is 1. The number of hydrogen-bond acceptors (Lipinski definition) is 5. The van der Waals surface area contributed by atoms with Gasteiger partial charge in [0.05, 0.1) is 0 Å². The molecule has 94 valence electrons. The number of carbonyl (C=O) groups is 1. The van der Waals surface area contributed by atoms with Gasteiger partial charge in [-0.25, -0.2) is 4.98 Å². The molecular weight excluding hydrogens is 286 g/mol. The SMILES string of the molecule is CCCNC(=O)C(C)Nc1nc(N)cc(Br)n1. The van der Waals surface area contributed by atoms with Crippen molar-refractivity contribution in [3.8, 4) is 0 Å². The molecule has 1 heterocycles. The van der Waals surface area contributed by atoms with Gasteiger partial charge in [-0.05, 0) is 29.3 Å². The van der Waals surface area contributed by atoms with E-state index >= 15 is 0 Å². The van der Waals surface area contributed by atoms with E-state index in [1.807, 2.05) is 6.92 Å². The van der Waals surface area contributed by atoms with Gasteiger partial charge in [0.2, 0.25) is 11.9 Å². The summed E-state index contributed by atoms with van der Waals surface area (Å²) in [5.41, 5.74) is 5.57. The van der Waals surface area contributed by atoms with Crippen molar-refractivity contribution in [2.75, 3.05) is 17.6 Å². The molecule has 0 aromatic carbocycles. The molecule has 0 spiro atoms. The van der Waals surface area contributed by atoms with Crippen molar-refractivity contribution in [3.63, 3.8) is 0 Å². The summed E-state index contributed by atoms with van der Waals surface area (Å²) in [6.07, 6.45) is 0.902. The molecule has 17 heavy (non-hydrogen) atoms. The molecule has 0 saturated carbocycles. The number of nitrogens with zero attached hydrogens (tertiary/aromatic N) is 2. The lowest BCUT2D eigenvalue weighted by Gasteiger charge is -2.13. The molecule has 0 fully saturated rings. The maximum atomic E-state index is 11.6. The Kier molecular flexibility index (Phi) is 5.14. The molecule has 1 rings (SSSR count). The molecule has 0 aliphatic carbocycles. The van der Waals surface area contributed by atoms with Gasteiger partial charge in [0.1, 0.15) is 16.5 Å². The van der Waals surface area contributed by atoms with E-state index in [-0.39, 0.29) is 5.91 Å². The fourth-order valence-electron chi connectivity index (χ4n) is 1.16. The van der Waals surface area contributed by atoms with Crippen molar-refractivity contribution in [3.05, 3.63) is 10.7 Å². The first kappa shape index (κ1) is 13.7. The van der Waals surface area contributed by atoms with Crippen LogP contribution in [0.5, 0.6) is 0 Å². The van der Waals surface area contributed by atoms with Gasteiger partial charge in [-0.2, -0.15) is 4.98 Å². The van der Waals surface area contributed by atoms with Crippen LogP contribution in [0.3, 0.4) is 0 Å². The average molecular weight is 302 g/mol. The minimum Gasteiger partial charge on any atom is -0.383 e. The summed E-state index contributed by atoms with van der Waals surface area (Å²) in [6.45, 7) is 4.40. The van der Waals surface area contributed by atoms with Crippen LogP contribution in [0.4, 0.5) is 11.8 Å². The maximum Gasteiger partial charge on any atom is 0.242 e. The van der Waals surface area contributed by atoms with E-state index in [1.165, 1.54) is 0 Å². The Bertz CT molecular complexity index is 378. The second-order valence-corrected chi connectivity index (χ2v) is 4.41. The minimum atomic E-state index is -0.407. The van der Waals surface area contributed by atoms with Crippen LogP contribution >= 0.6 is 15.9 Å². The summed E-state index contributed by atoms with van der Waals surface area (Å²) in [4.78, 5) is 19.7. The summed E-state index contributed by atoms with van der Waals surface area (Å²) in [7, 11) is 0. The number of rotatable bonds is 5. The first-order valence-electron chi connectivity index (χ1n) is 5.37. The van der Waals surface area contributed by atoms with Crippen LogP contribution in [0.15, 0.2) is 10.7 Å². The van der Waals surface area contributed by atoms with Crippen molar-refractivity contribution in [2.45, 2.75) is 26.3 Å². The Hall–Kier alpha value is -1.37. The standard InChI is InChI=1S/C10H16BrN5O/c1-3-4-13-9(17)6(2)14-10-15-7(11)5-8(12)16-10/h5-6H,3-4H2,1-2H3,(H,13,17)(H3,12,14,15,16). The van der Waals surface area contributed by atoms with Gasteiger partial charge in [-0.3, -0.25) is 4.79 Å². The Morgan fingerprint density at radius 1 is 1.59 bits per heavy atom. The van der Waals surface area contributed by atoms with Crippen LogP contribution in [0, 0.1) is 0 Å². The van der Waals surface area contributed by atoms with Crippen LogP contribution < -0.4 is 16.4 Å². The number of hydrogen-bond donors (Lipinski definition) is 3. The molecule has 0 aliphatic heterocycles. The average Bonchev–Trinajstić information content (AvgIpc) is 2.24. The van der Waals surface area contributed by atoms with E-state index < -0.39 is 6.04 Å². The van der Waals surface area contributed by atoms with Gasteiger partial charge in [-0.1, -0.05) is 6.92 Å². The highest BCUT2D eigenvalue weighted by atomic mass is 79.9. The first-order valence-corrected chi connectivity index (χ1v) is 6.16. The highest BCUT2D eigenvalue weighted by Gasteiger charge is 2.13. The second kappa shape index (κ2) is 6.39. The largest absolute Gasteiger partial charge is 0.383 e. The molecule has 1 aromatic heterocycles. The maximum absolute atomic E-state index is 11.6. The van der Waals surface area contributed by atoms with Crippen LogP contribution in [0.2, 0.25) is 0 Å².